The molecule has 0 aromatic heterocycles. The van der Waals surface area contributed by atoms with Gasteiger partial charge in [-0.15, -0.1) is 13.2 Å². The van der Waals surface area contributed by atoms with E-state index in [1.54, 1.807) is 0 Å². The molecular weight excluding hydrogens is 441 g/mol. The quantitative estimate of drug-likeness (QED) is 0.368. The van der Waals surface area contributed by atoms with Gasteiger partial charge in [-0.25, -0.2) is 8.78 Å². The van der Waals surface area contributed by atoms with Crippen LogP contribution in [0.1, 0.15) is 62.5 Å². The SMILES string of the molecule is CCCCC1CCC(c2ccc(C(F)(F)Oc3ccc(OC(F)(F)F)c(F)c3)c(F)c2)C1. The first-order chi connectivity index (χ1) is 15.0. The number of unbranched alkanes of at least 4 members (excludes halogenated alkanes) is 1. The second-order valence-electron chi connectivity index (χ2n) is 8.02. The summed E-state index contributed by atoms with van der Waals surface area (Å²) in [5.74, 6) is -4.04. The largest absolute Gasteiger partial charge is 0.573 e. The Balaban J connectivity index is 1.71. The van der Waals surface area contributed by atoms with Crippen molar-refractivity contribution in [1.82, 2.24) is 0 Å². The maximum absolute atomic E-state index is 14.6. The van der Waals surface area contributed by atoms with Gasteiger partial charge in [0.1, 0.15) is 11.6 Å². The van der Waals surface area contributed by atoms with E-state index in [2.05, 4.69) is 16.4 Å². The average molecular weight is 464 g/mol. The standard InChI is InChI=1S/C23H23F7O2/c1-2-3-4-14-5-6-15(11-14)16-7-9-18(19(24)12-16)22(26,27)31-17-8-10-21(20(25)13-17)32-23(28,29)30/h7-10,12-15H,2-6,11H2,1H3. The van der Waals surface area contributed by atoms with Crippen molar-refractivity contribution in [2.45, 2.75) is 63.8 Å². The number of benzene rings is 2. The maximum Gasteiger partial charge on any atom is 0.573 e. The fourth-order valence-electron chi connectivity index (χ4n) is 4.11. The highest BCUT2D eigenvalue weighted by Gasteiger charge is 2.39. The molecular formula is C23H23F7O2. The molecule has 0 saturated heterocycles. The fraction of sp³-hybridized carbons (Fsp3) is 0.478. The molecule has 2 unspecified atom stereocenters. The van der Waals surface area contributed by atoms with Crippen LogP contribution in [0, 0.1) is 17.6 Å². The van der Waals surface area contributed by atoms with E-state index < -0.39 is 41.2 Å². The number of hydrogen-bond acceptors (Lipinski definition) is 2. The van der Waals surface area contributed by atoms with E-state index in [1.165, 1.54) is 6.07 Å². The first kappa shape index (κ1) is 24.2. The van der Waals surface area contributed by atoms with Gasteiger partial charge < -0.3 is 9.47 Å². The molecule has 9 heteroatoms. The number of rotatable bonds is 8. The van der Waals surface area contributed by atoms with Crippen LogP contribution in [0.15, 0.2) is 36.4 Å². The van der Waals surface area contributed by atoms with Crippen molar-refractivity contribution in [3.05, 3.63) is 59.2 Å². The van der Waals surface area contributed by atoms with Crippen LogP contribution in [0.25, 0.3) is 0 Å². The van der Waals surface area contributed by atoms with Gasteiger partial charge in [-0.2, -0.15) is 8.78 Å². The van der Waals surface area contributed by atoms with Crippen molar-refractivity contribution in [2.75, 3.05) is 0 Å². The van der Waals surface area contributed by atoms with E-state index in [1.807, 2.05) is 0 Å². The average Bonchev–Trinajstić information content (AvgIpc) is 3.16. The molecule has 32 heavy (non-hydrogen) atoms. The van der Waals surface area contributed by atoms with Crippen LogP contribution in [0.3, 0.4) is 0 Å². The van der Waals surface area contributed by atoms with Crippen LogP contribution in [0.4, 0.5) is 30.7 Å². The van der Waals surface area contributed by atoms with Gasteiger partial charge in [-0.1, -0.05) is 32.3 Å². The maximum atomic E-state index is 14.6. The molecule has 1 aliphatic carbocycles. The second-order valence-corrected chi connectivity index (χ2v) is 8.02. The van der Waals surface area contributed by atoms with Crippen LogP contribution in [-0.2, 0) is 6.11 Å². The highest BCUT2D eigenvalue weighted by atomic mass is 19.4. The molecule has 2 atom stereocenters. The molecule has 0 bridgehead atoms. The molecule has 2 aromatic carbocycles. The molecule has 0 aliphatic heterocycles. The molecule has 2 nitrogen and oxygen atoms in total. The molecule has 0 N–H and O–H groups in total. The molecule has 176 valence electrons. The minimum Gasteiger partial charge on any atom is -0.429 e. The van der Waals surface area contributed by atoms with Gasteiger partial charge in [-0.05, 0) is 60.9 Å². The van der Waals surface area contributed by atoms with Crippen LogP contribution >= 0.6 is 0 Å². The summed E-state index contributed by atoms with van der Waals surface area (Å²) in [7, 11) is 0. The van der Waals surface area contributed by atoms with Crippen molar-refractivity contribution in [3.8, 4) is 11.5 Å². The van der Waals surface area contributed by atoms with Gasteiger partial charge in [0.15, 0.2) is 11.6 Å². The molecule has 0 spiro atoms. The Hall–Kier alpha value is -2.45. The summed E-state index contributed by atoms with van der Waals surface area (Å²) in [4.78, 5) is 0. The van der Waals surface area contributed by atoms with E-state index in [0.29, 0.717) is 29.7 Å². The normalized spacial score (nSPS) is 19.2. The number of hydrogen-bond donors (Lipinski definition) is 0. The fourth-order valence-corrected chi connectivity index (χ4v) is 4.11. The zero-order chi connectivity index (χ0) is 23.5. The van der Waals surface area contributed by atoms with Gasteiger partial charge >= 0.3 is 12.5 Å². The lowest BCUT2D eigenvalue weighted by Crippen LogP contribution is -2.24. The summed E-state index contributed by atoms with van der Waals surface area (Å²) in [5.41, 5.74) is -0.404. The van der Waals surface area contributed by atoms with Gasteiger partial charge in [0.05, 0.1) is 5.56 Å². The van der Waals surface area contributed by atoms with Crippen LogP contribution in [0.2, 0.25) is 0 Å². The summed E-state index contributed by atoms with van der Waals surface area (Å²) in [6.07, 6.45) is -3.22. The predicted octanol–water partition coefficient (Wildman–Crippen LogP) is 8.07. The summed E-state index contributed by atoms with van der Waals surface area (Å²) in [6, 6.07) is 4.93. The first-order valence-corrected chi connectivity index (χ1v) is 10.4. The molecule has 1 fully saturated rings. The van der Waals surface area contributed by atoms with Crippen LogP contribution in [0.5, 0.6) is 11.5 Å². The lowest BCUT2D eigenvalue weighted by molar-refractivity contribution is -0.275. The van der Waals surface area contributed by atoms with Crippen molar-refractivity contribution >= 4 is 0 Å². The monoisotopic (exact) mass is 464 g/mol. The van der Waals surface area contributed by atoms with Crippen molar-refractivity contribution < 1.29 is 40.2 Å². The third-order valence-electron chi connectivity index (χ3n) is 5.66. The van der Waals surface area contributed by atoms with E-state index >= 15 is 0 Å². The van der Waals surface area contributed by atoms with Crippen LogP contribution in [-0.4, -0.2) is 6.36 Å². The molecule has 1 saturated carbocycles. The lowest BCUT2D eigenvalue weighted by atomic mass is 9.93. The van der Waals surface area contributed by atoms with E-state index in [-0.39, 0.29) is 5.92 Å². The van der Waals surface area contributed by atoms with Crippen molar-refractivity contribution in [2.24, 2.45) is 5.92 Å². The first-order valence-electron chi connectivity index (χ1n) is 10.4. The Kier molecular flexibility index (Phi) is 7.25. The highest BCUT2D eigenvalue weighted by molar-refractivity contribution is 5.35. The van der Waals surface area contributed by atoms with Crippen molar-refractivity contribution in [3.63, 3.8) is 0 Å². The minimum absolute atomic E-state index is 0.102. The summed E-state index contributed by atoms with van der Waals surface area (Å²) < 4.78 is 102. The Bertz CT molecular complexity index is 927. The van der Waals surface area contributed by atoms with E-state index in [0.717, 1.165) is 50.7 Å². The Morgan fingerprint density at radius 3 is 2.28 bits per heavy atom. The second kappa shape index (κ2) is 9.58. The predicted molar refractivity (Wildman–Crippen MR) is 104 cm³/mol. The van der Waals surface area contributed by atoms with Gasteiger partial charge in [0, 0.05) is 6.07 Å². The smallest absolute Gasteiger partial charge is 0.429 e. The number of ether oxygens (including phenoxy) is 2. The molecule has 0 amide bonds. The van der Waals surface area contributed by atoms with E-state index in [4.69, 9.17) is 0 Å². The summed E-state index contributed by atoms with van der Waals surface area (Å²) >= 11 is 0. The number of halogens is 7. The van der Waals surface area contributed by atoms with E-state index in [9.17, 15) is 30.7 Å². The van der Waals surface area contributed by atoms with Crippen LogP contribution < -0.4 is 9.47 Å². The molecule has 0 radical (unpaired) electrons. The lowest BCUT2D eigenvalue weighted by Gasteiger charge is -2.20. The van der Waals surface area contributed by atoms with Gasteiger partial charge in [0.2, 0.25) is 0 Å². The van der Waals surface area contributed by atoms with Gasteiger partial charge in [-0.3, -0.25) is 0 Å². The summed E-state index contributed by atoms with van der Waals surface area (Å²) in [5, 5.41) is 0. The third kappa shape index (κ3) is 6.07. The molecule has 2 aromatic rings. The third-order valence-corrected chi connectivity index (χ3v) is 5.66. The van der Waals surface area contributed by atoms with Crippen molar-refractivity contribution in [1.29, 1.82) is 0 Å². The molecule has 3 rings (SSSR count). The molecule has 1 aliphatic rings. The topological polar surface area (TPSA) is 18.5 Å². The summed E-state index contributed by atoms with van der Waals surface area (Å²) in [6.45, 7) is 2.11. The molecule has 0 heterocycles. The Labute approximate surface area is 181 Å². The Morgan fingerprint density at radius 1 is 0.906 bits per heavy atom. The Morgan fingerprint density at radius 2 is 1.66 bits per heavy atom. The van der Waals surface area contributed by atoms with Gasteiger partial charge in [0.25, 0.3) is 0 Å². The zero-order valence-corrected chi connectivity index (χ0v) is 17.3. The minimum atomic E-state index is -5.15. The number of alkyl halides is 5. The zero-order valence-electron chi connectivity index (χ0n) is 17.3. The highest BCUT2D eigenvalue weighted by Crippen LogP contribution is 2.42.